The molecule has 3 rings (SSSR count). The lowest BCUT2D eigenvalue weighted by Gasteiger charge is -2.08. The maximum Gasteiger partial charge on any atom is 0.0712 e. The lowest BCUT2D eigenvalue weighted by atomic mass is 10.0. The predicted molar refractivity (Wildman–Crippen MR) is 81.0 cm³/mol. The maximum absolute atomic E-state index is 5.73. The Hall–Kier alpha value is -2.35. The molecule has 1 aromatic heterocycles. The monoisotopic (exact) mass is 248 g/mol. The molecule has 0 aliphatic carbocycles. The molecule has 2 heteroatoms. The number of anilines is 1. The molecule has 94 valence electrons. The van der Waals surface area contributed by atoms with Gasteiger partial charge in [-0.1, -0.05) is 37.3 Å². The lowest BCUT2D eigenvalue weighted by Crippen LogP contribution is -1.92. The largest absolute Gasteiger partial charge is 0.399 e. The van der Waals surface area contributed by atoms with Gasteiger partial charge in [-0.3, -0.25) is 0 Å². The summed E-state index contributed by atoms with van der Waals surface area (Å²) in [5, 5.41) is 1.24. The van der Waals surface area contributed by atoms with E-state index in [1.54, 1.807) is 0 Å². The van der Waals surface area contributed by atoms with Gasteiger partial charge in [0.15, 0.2) is 0 Å². The summed E-state index contributed by atoms with van der Waals surface area (Å²) >= 11 is 0. The van der Waals surface area contributed by atoms with Crippen LogP contribution in [0.5, 0.6) is 0 Å². The quantitative estimate of drug-likeness (QED) is 0.695. The van der Waals surface area contributed by atoms with Gasteiger partial charge in [0.05, 0.1) is 11.2 Å². The van der Waals surface area contributed by atoms with Gasteiger partial charge in [-0.05, 0) is 36.2 Å². The van der Waals surface area contributed by atoms with Crippen LogP contribution in [-0.2, 0) is 6.42 Å². The fourth-order valence-electron chi connectivity index (χ4n) is 2.34. The summed E-state index contributed by atoms with van der Waals surface area (Å²) in [6.45, 7) is 2.18. The van der Waals surface area contributed by atoms with E-state index < -0.39 is 0 Å². The third-order valence-corrected chi connectivity index (χ3v) is 3.39. The highest BCUT2D eigenvalue weighted by molar-refractivity contribution is 5.85. The van der Waals surface area contributed by atoms with E-state index >= 15 is 0 Å². The van der Waals surface area contributed by atoms with Crippen LogP contribution in [0.2, 0.25) is 0 Å². The average molecular weight is 248 g/mol. The summed E-state index contributed by atoms with van der Waals surface area (Å²) in [6, 6.07) is 18.3. The molecule has 0 radical (unpaired) electrons. The third-order valence-electron chi connectivity index (χ3n) is 3.39. The Balaban J connectivity index is 2.22. The van der Waals surface area contributed by atoms with Gasteiger partial charge in [-0.2, -0.15) is 0 Å². The number of rotatable bonds is 2. The van der Waals surface area contributed by atoms with Crippen LogP contribution in [0.3, 0.4) is 0 Å². The van der Waals surface area contributed by atoms with E-state index in [0.29, 0.717) is 0 Å². The molecule has 0 spiro atoms. The third kappa shape index (κ3) is 2.17. The highest BCUT2D eigenvalue weighted by Gasteiger charge is 2.05. The summed E-state index contributed by atoms with van der Waals surface area (Å²) in [5.74, 6) is 0. The number of hydrogen-bond donors (Lipinski definition) is 1. The molecular weight excluding hydrogens is 232 g/mol. The molecule has 0 unspecified atom stereocenters. The smallest absolute Gasteiger partial charge is 0.0712 e. The Kier molecular flexibility index (Phi) is 2.92. The molecule has 1 heterocycles. The summed E-state index contributed by atoms with van der Waals surface area (Å²) in [6.07, 6.45) is 1.00. The van der Waals surface area contributed by atoms with E-state index in [1.807, 2.05) is 30.3 Å². The van der Waals surface area contributed by atoms with Crippen LogP contribution in [0.25, 0.3) is 22.2 Å². The van der Waals surface area contributed by atoms with Crippen molar-refractivity contribution in [2.24, 2.45) is 0 Å². The minimum absolute atomic E-state index is 0.778. The second-order valence-electron chi connectivity index (χ2n) is 4.66. The first-order chi connectivity index (χ1) is 9.28. The molecule has 0 fully saturated rings. The molecule has 0 saturated heterocycles. The lowest BCUT2D eigenvalue weighted by molar-refractivity contribution is 1.15. The number of para-hydroxylation sites is 1. The molecule has 0 aliphatic heterocycles. The molecule has 0 amide bonds. The number of nitrogens with two attached hydrogens (primary N) is 1. The van der Waals surface area contributed by atoms with Gasteiger partial charge in [-0.25, -0.2) is 4.98 Å². The zero-order valence-corrected chi connectivity index (χ0v) is 10.9. The number of nitrogens with zero attached hydrogens (tertiary/aromatic N) is 1. The summed E-state index contributed by atoms with van der Waals surface area (Å²) < 4.78 is 0. The summed E-state index contributed by atoms with van der Waals surface area (Å²) in [7, 11) is 0. The second-order valence-corrected chi connectivity index (χ2v) is 4.66. The van der Waals surface area contributed by atoms with Crippen LogP contribution in [0, 0.1) is 0 Å². The predicted octanol–water partition coefficient (Wildman–Crippen LogP) is 4.05. The Morgan fingerprint density at radius 2 is 1.74 bits per heavy atom. The van der Waals surface area contributed by atoms with E-state index in [9.17, 15) is 0 Å². The van der Waals surface area contributed by atoms with Crippen molar-refractivity contribution >= 4 is 16.6 Å². The minimum Gasteiger partial charge on any atom is -0.399 e. The van der Waals surface area contributed by atoms with Crippen molar-refractivity contribution in [1.82, 2.24) is 4.98 Å². The number of fused-ring (bicyclic) bond motifs is 1. The van der Waals surface area contributed by atoms with Crippen molar-refractivity contribution in [3.63, 3.8) is 0 Å². The van der Waals surface area contributed by atoms with Crippen LogP contribution in [-0.4, -0.2) is 4.98 Å². The van der Waals surface area contributed by atoms with Gasteiger partial charge in [0.25, 0.3) is 0 Å². The normalized spacial score (nSPS) is 10.8. The van der Waals surface area contributed by atoms with Gasteiger partial charge in [-0.15, -0.1) is 0 Å². The molecule has 2 N–H and O–H groups in total. The van der Waals surface area contributed by atoms with Crippen molar-refractivity contribution in [3.05, 3.63) is 60.2 Å². The van der Waals surface area contributed by atoms with Gasteiger partial charge in [0, 0.05) is 16.6 Å². The van der Waals surface area contributed by atoms with Crippen molar-refractivity contribution in [1.29, 1.82) is 0 Å². The van der Waals surface area contributed by atoms with Gasteiger partial charge >= 0.3 is 0 Å². The topological polar surface area (TPSA) is 38.9 Å². The molecule has 2 aromatic carbocycles. The first-order valence-electron chi connectivity index (χ1n) is 6.52. The molecule has 19 heavy (non-hydrogen) atoms. The number of aromatic nitrogens is 1. The molecule has 2 nitrogen and oxygen atoms in total. The van der Waals surface area contributed by atoms with E-state index in [2.05, 4.69) is 31.2 Å². The number of pyridine rings is 1. The Morgan fingerprint density at radius 3 is 2.47 bits per heavy atom. The second kappa shape index (κ2) is 4.73. The van der Waals surface area contributed by atoms with Gasteiger partial charge in [0.2, 0.25) is 0 Å². The van der Waals surface area contributed by atoms with Crippen molar-refractivity contribution < 1.29 is 0 Å². The standard InChI is InChI=1S/C17H16N2/c1-2-12-11-17(13-7-9-14(18)10-8-13)19-16-6-4-3-5-15(12)16/h3-11H,2,18H2,1H3. The average Bonchev–Trinajstić information content (AvgIpc) is 2.47. The molecule has 0 saturated carbocycles. The van der Waals surface area contributed by atoms with Crippen molar-refractivity contribution in [2.45, 2.75) is 13.3 Å². The van der Waals surface area contributed by atoms with Crippen molar-refractivity contribution in [2.75, 3.05) is 5.73 Å². The number of benzene rings is 2. The van der Waals surface area contributed by atoms with Gasteiger partial charge < -0.3 is 5.73 Å². The van der Waals surface area contributed by atoms with E-state index in [4.69, 9.17) is 10.7 Å². The summed E-state index contributed by atoms with van der Waals surface area (Å²) in [4.78, 5) is 4.74. The van der Waals surface area contributed by atoms with E-state index in [1.165, 1.54) is 10.9 Å². The van der Waals surface area contributed by atoms with E-state index in [0.717, 1.165) is 28.9 Å². The fraction of sp³-hybridized carbons (Fsp3) is 0.118. The number of nitrogen functional groups attached to an aromatic ring is 1. The molecule has 0 aliphatic rings. The molecular formula is C17H16N2. The molecule has 0 atom stereocenters. The molecule has 3 aromatic rings. The SMILES string of the molecule is CCc1cc(-c2ccc(N)cc2)nc2ccccc12. The number of aryl methyl sites for hydroxylation is 1. The zero-order chi connectivity index (χ0) is 13.2. The summed E-state index contributed by atoms with van der Waals surface area (Å²) in [5.41, 5.74) is 11.0. The zero-order valence-electron chi connectivity index (χ0n) is 10.9. The molecule has 0 bridgehead atoms. The van der Waals surface area contributed by atoms with Crippen LogP contribution in [0.4, 0.5) is 5.69 Å². The minimum atomic E-state index is 0.778. The van der Waals surface area contributed by atoms with Crippen LogP contribution in [0.15, 0.2) is 54.6 Å². The first-order valence-corrected chi connectivity index (χ1v) is 6.52. The van der Waals surface area contributed by atoms with Crippen LogP contribution >= 0.6 is 0 Å². The maximum atomic E-state index is 5.73. The fourth-order valence-corrected chi connectivity index (χ4v) is 2.34. The van der Waals surface area contributed by atoms with E-state index in [-0.39, 0.29) is 0 Å². The highest BCUT2D eigenvalue weighted by Crippen LogP contribution is 2.25. The Bertz CT molecular complexity index is 715. The van der Waals surface area contributed by atoms with Crippen LogP contribution < -0.4 is 5.73 Å². The van der Waals surface area contributed by atoms with Gasteiger partial charge in [0.1, 0.15) is 0 Å². The Labute approximate surface area is 112 Å². The Morgan fingerprint density at radius 1 is 1.00 bits per heavy atom. The van der Waals surface area contributed by atoms with Crippen LogP contribution in [0.1, 0.15) is 12.5 Å². The number of hydrogen-bond acceptors (Lipinski definition) is 2. The first kappa shape index (κ1) is 11.7. The highest BCUT2D eigenvalue weighted by atomic mass is 14.7. The van der Waals surface area contributed by atoms with Crippen molar-refractivity contribution in [3.8, 4) is 11.3 Å².